The molecule has 0 saturated carbocycles. The molecule has 2 atom stereocenters. The number of carbonyl (C=O) groups is 4. The first-order chi connectivity index (χ1) is 25.3. The Hall–Kier alpha value is -6.04. The number of fused-ring (bicyclic) bond motifs is 11. The number of hydrogen-bond acceptors (Lipinski definition) is 9. The predicted molar refractivity (Wildman–Crippen MR) is 200 cm³/mol. The van der Waals surface area contributed by atoms with Crippen LogP contribution in [-0.4, -0.2) is 70.2 Å². The highest BCUT2D eigenvalue weighted by Gasteiger charge is 2.53. The molecule has 2 aliphatic heterocycles. The number of rotatable bonds is 9. The van der Waals surface area contributed by atoms with Crippen LogP contribution in [0.5, 0.6) is 0 Å². The summed E-state index contributed by atoms with van der Waals surface area (Å²) >= 11 is 0. The van der Waals surface area contributed by atoms with Gasteiger partial charge in [0, 0.05) is 40.5 Å². The van der Waals surface area contributed by atoms with Gasteiger partial charge in [0.2, 0.25) is 0 Å². The maximum atomic E-state index is 13.7. The normalized spacial score (nSPS) is 17.8. The molecule has 0 fully saturated rings. The topological polar surface area (TPSA) is 174 Å². The zero-order valence-corrected chi connectivity index (χ0v) is 30.9. The standard InChI is InChI=1S/C41H42N4O8/c1-9-23-20(2)29-17-34-27-13-10-26(39(49)52-7)38(40(50)53-8)41(27,5)35(45-34)19-30-22(4)24(11-14-36(46)47)32(44-30)18-33-25(12-15-37(48)51-6)21(3)28(43-33)16-31(23)42-29/h9-10,13,16-19,38,43-44H,1,11-12,14-15H2,2-8H3,(H,46,47)/t38-,41+/m0/s1. The lowest BCUT2D eigenvalue weighted by molar-refractivity contribution is -0.149. The molecule has 0 saturated heterocycles. The number of hydrogen-bond donors (Lipinski definition) is 3. The molecule has 3 aliphatic rings. The second-order valence-electron chi connectivity index (χ2n) is 13.5. The first-order valence-corrected chi connectivity index (χ1v) is 17.2. The van der Waals surface area contributed by atoms with Crippen LogP contribution in [0, 0.1) is 19.8 Å². The summed E-state index contributed by atoms with van der Waals surface area (Å²) < 4.78 is 15.3. The van der Waals surface area contributed by atoms with E-state index >= 15 is 0 Å². The maximum Gasteiger partial charge on any atom is 0.334 e. The molecule has 8 bridgehead atoms. The van der Waals surface area contributed by atoms with Crippen LogP contribution < -0.4 is 0 Å². The van der Waals surface area contributed by atoms with Crippen LogP contribution in [0.1, 0.15) is 71.7 Å². The summed E-state index contributed by atoms with van der Waals surface area (Å²) in [6, 6.07) is 7.59. The summed E-state index contributed by atoms with van der Waals surface area (Å²) in [4.78, 5) is 68.1. The zero-order valence-electron chi connectivity index (χ0n) is 30.9. The van der Waals surface area contributed by atoms with Gasteiger partial charge in [0.15, 0.2) is 0 Å². The minimum Gasteiger partial charge on any atom is -0.481 e. The van der Waals surface area contributed by atoms with E-state index in [2.05, 4.69) is 16.5 Å². The molecule has 53 heavy (non-hydrogen) atoms. The number of ether oxygens (including phenoxy) is 3. The van der Waals surface area contributed by atoms with Gasteiger partial charge in [-0.3, -0.25) is 19.4 Å². The van der Waals surface area contributed by atoms with Crippen LogP contribution in [0.15, 0.2) is 54.6 Å². The molecule has 0 spiro atoms. The van der Waals surface area contributed by atoms with Crippen LogP contribution in [0.3, 0.4) is 0 Å². The third-order valence-corrected chi connectivity index (χ3v) is 10.7. The number of nitrogens with one attached hydrogen (secondary N) is 2. The van der Waals surface area contributed by atoms with E-state index in [9.17, 15) is 24.3 Å². The average Bonchev–Trinajstić information content (AvgIpc) is 3.79. The smallest absolute Gasteiger partial charge is 0.334 e. The predicted octanol–water partition coefficient (Wildman–Crippen LogP) is 6.41. The number of aryl methyl sites for hydroxylation is 4. The summed E-state index contributed by atoms with van der Waals surface area (Å²) in [6.45, 7) is 11.8. The van der Waals surface area contributed by atoms with Gasteiger partial charge in [-0.05, 0) is 98.2 Å². The van der Waals surface area contributed by atoms with Gasteiger partial charge in [0.05, 0.1) is 55.1 Å². The van der Waals surface area contributed by atoms with Gasteiger partial charge in [-0.1, -0.05) is 24.8 Å². The number of carboxylic acid groups (broad SMARTS) is 1. The molecule has 0 amide bonds. The van der Waals surface area contributed by atoms with Crippen LogP contribution in [-0.2, 0) is 51.6 Å². The Morgan fingerprint density at radius 3 is 2.04 bits per heavy atom. The summed E-state index contributed by atoms with van der Waals surface area (Å²) in [6.07, 6.45) is 5.80. The zero-order chi connectivity index (χ0) is 38.4. The van der Waals surface area contributed by atoms with Gasteiger partial charge in [-0.2, -0.15) is 0 Å². The highest BCUT2D eigenvalue weighted by molar-refractivity contribution is 6.02. The molecule has 3 N–H and O–H groups in total. The fourth-order valence-electron chi connectivity index (χ4n) is 7.69. The monoisotopic (exact) mass is 718 g/mol. The second kappa shape index (κ2) is 14.2. The van der Waals surface area contributed by atoms with E-state index in [0.29, 0.717) is 45.8 Å². The van der Waals surface area contributed by atoms with Crippen LogP contribution in [0.2, 0.25) is 0 Å². The van der Waals surface area contributed by atoms with E-state index in [1.807, 2.05) is 52.0 Å². The SMILES string of the molecule is C=CC1=C(C)c2cc3nc(cc4[nH]c(cc5[nH]c(cc1n2)c(C)c5CCC(=O)OC)c(CCC(=O)O)c4C)[C@@]1(C)C3=CC=C(C(=O)OC)[C@H]1C(=O)OC. The van der Waals surface area contributed by atoms with E-state index in [0.717, 1.165) is 44.4 Å². The van der Waals surface area contributed by atoms with Crippen molar-refractivity contribution in [3.05, 3.63) is 99.7 Å². The molecule has 3 aromatic rings. The van der Waals surface area contributed by atoms with Gasteiger partial charge in [-0.15, -0.1) is 0 Å². The number of allylic oxidation sites excluding steroid dienone is 6. The van der Waals surface area contributed by atoms with Crippen molar-refractivity contribution in [1.82, 2.24) is 19.9 Å². The molecule has 3 aromatic heterocycles. The highest BCUT2D eigenvalue weighted by Crippen LogP contribution is 2.52. The lowest BCUT2D eigenvalue weighted by Gasteiger charge is -2.36. The minimum absolute atomic E-state index is 0.110. The number of esters is 3. The van der Waals surface area contributed by atoms with Crippen molar-refractivity contribution in [2.75, 3.05) is 21.3 Å². The summed E-state index contributed by atoms with van der Waals surface area (Å²) in [7, 11) is 3.89. The molecule has 12 heteroatoms. The number of aliphatic carboxylic acids is 1. The molecule has 6 rings (SSSR count). The molecule has 12 nitrogen and oxygen atoms in total. The minimum atomic E-state index is -1.18. The van der Waals surface area contributed by atoms with Crippen molar-refractivity contribution in [2.45, 2.75) is 58.8 Å². The molecular weight excluding hydrogens is 676 g/mol. The Kier molecular flexibility index (Phi) is 9.83. The third-order valence-electron chi connectivity index (χ3n) is 10.7. The number of carbonyl (C=O) groups excluding carboxylic acids is 3. The molecule has 5 heterocycles. The lowest BCUT2D eigenvalue weighted by Crippen LogP contribution is -2.42. The Labute approximate surface area is 306 Å². The molecule has 0 radical (unpaired) electrons. The van der Waals surface area contributed by atoms with Crippen LogP contribution >= 0.6 is 0 Å². The van der Waals surface area contributed by atoms with Crippen molar-refractivity contribution < 1.29 is 38.5 Å². The number of carboxylic acids is 1. The fourth-order valence-corrected chi connectivity index (χ4v) is 7.69. The Morgan fingerprint density at radius 2 is 1.45 bits per heavy atom. The number of nitrogens with zero attached hydrogens (tertiary/aromatic N) is 2. The fraction of sp³-hybridized carbons (Fsp3) is 0.317. The summed E-state index contributed by atoms with van der Waals surface area (Å²) in [5.41, 5.74) is 9.92. The van der Waals surface area contributed by atoms with Crippen molar-refractivity contribution in [2.24, 2.45) is 5.92 Å². The van der Waals surface area contributed by atoms with E-state index in [4.69, 9.17) is 24.2 Å². The van der Waals surface area contributed by atoms with E-state index < -0.39 is 29.2 Å². The maximum absolute atomic E-state index is 13.7. The third kappa shape index (κ3) is 6.28. The number of H-pyrrole nitrogens is 2. The van der Waals surface area contributed by atoms with Gasteiger partial charge < -0.3 is 29.3 Å². The summed E-state index contributed by atoms with van der Waals surface area (Å²) in [5, 5.41) is 9.68. The van der Waals surface area contributed by atoms with E-state index in [-0.39, 0.29) is 30.8 Å². The second-order valence-corrected chi connectivity index (χ2v) is 13.5. The Morgan fingerprint density at radius 1 is 0.811 bits per heavy atom. The van der Waals surface area contributed by atoms with Gasteiger partial charge >= 0.3 is 23.9 Å². The summed E-state index contributed by atoms with van der Waals surface area (Å²) in [5.74, 6) is -3.68. The quantitative estimate of drug-likeness (QED) is 0.166. The van der Waals surface area contributed by atoms with Crippen molar-refractivity contribution in [3.8, 4) is 0 Å². The molecular formula is C41H42N4O8. The molecule has 0 unspecified atom stereocenters. The Balaban J connectivity index is 1.78. The molecule has 274 valence electrons. The number of methoxy groups -OCH3 is 3. The number of aromatic nitrogens is 4. The van der Waals surface area contributed by atoms with Crippen LogP contribution in [0.25, 0.3) is 38.8 Å². The first kappa shape index (κ1) is 36.7. The van der Waals surface area contributed by atoms with E-state index in [1.54, 1.807) is 18.2 Å². The van der Waals surface area contributed by atoms with Gasteiger partial charge in [-0.25, -0.2) is 9.78 Å². The average molecular weight is 719 g/mol. The molecule has 0 aromatic carbocycles. The van der Waals surface area contributed by atoms with Crippen molar-refractivity contribution in [1.29, 1.82) is 0 Å². The van der Waals surface area contributed by atoms with E-state index in [1.165, 1.54) is 21.3 Å². The van der Waals surface area contributed by atoms with Gasteiger partial charge in [0.1, 0.15) is 5.92 Å². The first-order valence-electron chi connectivity index (χ1n) is 17.2. The molecule has 1 aliphatic carbocycles. The Bertz CT molecular complexity index is 2370. The van der Waals surface area contributed by atoms with Crippen LogP contribution in [0.4, 0.5) is 0 Å². The highest BCUT2D eigenvalue weighted by atomic mass is 16.5. The lowest BCUT2D eigenvalue weighted by atomic mass is 9.64. The number of aromatic amines is 2. The van der Waals surface area contributed by atoms with Crippen molar-refractivity contribution >= 4 is 62.7 Å². The largest absolute Gasteiger partial charge is 0.481 e. The van der Waals surface area contributed by atoms with Gasteiger partial charge in [0.25, 0.3) is 0 Å². The van der Waals surface area contributed by atoms with Crippen molar-refractivity contribution in [3.63, 3.8) is 0 Å².